The number of nitrogens with one attached hydrogen (secondary N) is 1. The SMILES string of the molecule is CCOC(=O)/C(=N\Nc1ccc(Cl)cc1)C(C)CCC=C(C)C. The number of anilines is 1. The Morgan fingerprint density at radius 1 is 1.35 bits per heavy atom. The summed E-state index contributed by atoms with van der Waals surface area (Å²) in [6.45, 7) is 8.23. The molecule has 1 unspecified atom stereocenters. The average molecular weight is 337 g/mol. The van der Waals surface area contributed by atoms with E-state index in [1.807, 2.05) is 19.1 Å². The van der Waals surface area contributed by atoms with Crippen molar-refractivity contribution in [2.75, 3.05) is 12.0 Å². The van der Waals surface area contributed by atoms with Crippen LogP contribution in [0.4, 0.5) is 5.69 Å². The van der Waals surface area contributed by atoms with Crippen LogP contribution in [0.25, 0.3) is 0 Å². The molecule has 0 fully saturated rings. The summed E-state index contributed by atoms with van der Waals surface area (Å²) in [4.78, 5) is 12.1. The van der Waals surface area contributed by atoms with Crippen molar-refractivity contribution in [3.8, 4) is 0 Å². The summed E-state index contributed by atoms with van der Waals surface area (Å²) in [5.41, 5.74) is 5.35. The quantitative estimate of drug-likeness (QED) is 0.312. The normalized spacial score (nSPS) is 12.5. The van der Waals surface area contributed by atoms with Crippen LogP contribution >= 0.6 is 11.6 Å². The fourth-order valence-electron chi connectivity index (χ4n) is 1.97. The van der Waals surface area contributed by atoms with Gasteiger partial charge >= 0.3 is 5.97 Å². The molecule has 1 aromatic carbocycles. The summed E-state index contributed by atoms with van der Waals surface area (Å²) in [6, 6.07) is 7.15. The molecule has 126 valence electrons. The van der Waals surface area contributed by atoms with E-state index in [1.54, 1.807) is 19.1 Å². The van der Waals surface area contributed by atoms with Crippen LogP contribution in [-0.2, 0) is 9.53 Å². The zero-order chi connectivity index (χ0) is 17.2. The minimum Gasteiger partial charge on any atom is -0.461 e. The topological polar surface area (TPSA) is 50.7 Å². The number of ether oxygens (including phenoxy) is 1. The number of nitrogens with zero attached hydrogens (tertiary/aromatic N) is 1. The summed E-state index contributed by atoms with van der Waals surface area (Å²) in [5, 5.41) is 4.92. The summed E-state index contributed by atoms with van der Waals surface area (Å²) >= 11 is 5.86. The predicted octanol–water partition coefficient (Wildman–Crippen LogP) is 5.05. The largest absolute Gasteiger partial charge is 0.461 e. The second-order valence-corrected chi connectivity index (χ2v) is 6.03. The highest BCUT2D eigenvalue weighted by molar-refractivity contribution is 6.37. The Hall–Kier alpha value is -1.81. The van der Waals surface area contributed by atoms with Crippen LogP contribution in [0.3, 0.4) is 0 Å². The number of halogens is 1. The third kappa shape index (κ3) is 7.33. The van der Waals surface area contributed by atoms with E-state index in [1.165, 1.54) is 5.57 Å². The first-order chi connectivity index (χ1) is 10.9. The molecule has 0 aliphatic carbocycles. The summed E-state index contributed by atoms with van der Waals surface area (Å²) in [6.07, 6.45) is 3.90. The molecule has 0 saturated heterocycles. The molecule has 0 radical (unpaired) electrons. The zero-order valence-corrected chi connectivity index (χ0v) is 15.0. The Bertz CT molecular complexity index is 561. The maximum absolute atomic E-state index is 12.1. The van der Waals surface area contributed by atoms with E-state index < -0.39 is 0 Å². The first kappa shape index (κ1) is 19.2. The van der Waals surface area contributed by atoms with E-state index in [4.69, 9.17) is 16.3 Å². The van der Waals surface area contributed by atoms with Gasteiger partial charge in [0, 0.05) is 10.9 Å². The molecular weight excluding hydrogens is 312 g/mol. The molecule has 1 rings (SSSR count). The number of rotatable bonds is 8. The van der Waals surface area contributed by atoms with Gasteiger partial charge in [-0.05, 0) is 57.9 Å². The van der Waals surface area contributed by atoms with Crippen molar-refractivity contribution in [1.82, 2.24) is 0 Å². The van der Waals surface area contributed by atoms with Gasteiger partial charge in [0.05, 0.1) is 12.3 Å². The lowest BCUT2D eigenvalue weighted by Gasteiger charge is -2.13. The first-order valence-corrected chi connectivity index (χ1v) is 8.21. The lowest BCUT2D eigenvalue weighted by atomic mass is 9.99. The number of carbonyl (C=O) groups excluding carboxylic acids is 1. The van der Waals surface area contributed by atoms with Crippen molar-refractivity contribution in [3.05, 3.63) is 40.9 Å². The van der Waals surface area contributed by atoms with Gasteiger partial charge in [-0.25, -0.2) is 4.79 Å². The number of allylic oxidation sites excluding steroid dienone is 2. The van der Waals surface area contributed by atoms with E-state index in [2.05, 4.69) is 30.5 Å². The fourth-order valence-corrected chi connectivity index (χ4v) is 2.10. The van der Waals surface area contributed by atoms with Crippen molar-refractivity contribution in [1.29, 1.82) is 0 Å². The minimum absolute atomic E-state index is 0.00412. The van der Waals surface area contributed by atoms with Crippen LogP contribution in [-0.4, -0.2) is 18.3 Å². The second-order valence-electron chi connectivity index (χ2n) is 5.60. The monoisotopic (exact) mass is 336 g/mol. The zero-order valence-electron chi connectivity index (χ0n) is 14.2. The Balaban J connectivity index is 2.81. The number of hydrazone groups is 1. The van der Waals surface area contributed by atoms with Crippen LogP contribution in [0.2, 0.25) is 5.02 Å². The summed E-state index contributed by atoms with van der Waals surface area (Å²) in [7, 11) is 0. The van der Waals surface area contributed by atoms with E-state index in [9.17, 15) is 4.79 Å². The molecule has 0 aromatic heterocycles. The lowest BCUT2D eigenvalue weighted by molar-refractivity contribution is -0.135. The standard InChI is InChI=1S/C18H25ClN2O2/c1-5-23-18(22)17(14(4)8-6-7-13(2)3)21-20-16-11-9-15(19)10-12-16/h7,9-12,14,20H,5-6,8H2,1-4H3/b21-17-. The van der Waals surface area contributed by atoms with Crippen LogP contribution in [0, 0.1) is 5.92 Å². The van der Waals surface area contributed by atoms with Gasteiger partial charge in [-0.3, -0.25) is 5.43 Å². The maximum Gasteiger partial charge on any atom is 0.354 e. The minimum atomic E-state index is -0.376. The molecule has 1 atom stereocenters. The Morgan fingerprint density at radius 3 is 2.57 bits per heavy atom. The molecule has 1 N–H and O–H groups in total. The molecule has 23 heavy (non-hydrogen) atoms. The molecule has 0 bridgehead atoms. The van der Waals surface area contributed by atoms with Crippen molar-refractivity contribution >= 4 is 29.0 Å². The van der Waals surface area contributed by atoms with Crippen LogP contribution in [0.5, 0.6) is 0 Å². The number of carbonyl (C=O) groups is 1. The molecule has 0 spiro atoms. The van der Waals surface area contributed by atoms with Crippen molar-refractivity contribution < 1.29 is 9.53 Å². The molecule has 1 aromatic rings. The highest BCUT2D eigenvalue weighted by atomic mass is 35.5. The van der Waals surface area contributed by atoms with Gasteiger partial charge < -0.3 is 4.74 Å². The molecule has 4 nitrogen and oxygen atoms in total. The van der Waals surface area contributed by atoms with Gasteiger partial charge in [0.2, 0.25) is 0 Å². The van der Waals surface area contributed by atoms with E-state index in [0.717, 1.165) is 18.5 Å². The number of esters is 1. The molecule has 0 amide bonds. The van der Waals surface area contributed by atoms with Gasteiger partial charge in [-0.2, -0.15) is 5.10 Å². The lowest BCUT2D eigenvalue weighted by Crippen LogP contribution is -2.25. The van der Waals surface area contributed by atoms with Gasteiger partial charge in [0.1, 0.15) is 5.71 Å². The Labute approximate surface area is 143 Å². The molecule has 0 saturated carbocycles. The third-order valence-corrected chi connectivity index (χ3v) is 3.51. The Morgan fingerprint density at radius 2 is 2.00 bits per heavy atom. The fraction of sp³-hybridized carbons (Fsp3) is 0.444. The van der Waals surface area contributed by atoms with Gasteiger partial charge in [0.15, 0.2) is 0 Å². The smallest absolute Gasteiger partial charge is 0.354 e. The predicted molar refractivity (Wildman–Crippen MR) is 97.0 cm³/mol. The molecule has 0 heterocycles. The van der Waals surface area contributed by atoms with Gasteiger partial charge in [-0.1, -0.05) is 30.2 Å². The number of benzene rings is 1. The van der Waals surface area contributed by atoms with E-state index >= 15 is 0 Å². The molecule has 0 aliphatic rings. The highest BCUT2D eigenvalue weighted by Crippen LogP contribution is 2.15. The van der Waals surface area contributed by atoms with Crippen LogP contribution < -0.4 is 5.43 Å². The summed E-state index contributed by atoms with van der Waals surface area (Å²) in [5.74, 6) is -0.372. The third-order valence-electron chi connectivity index (χ3n) is 3.25. The van der Waals surface area contributed by atoms with Crippen molar-refractivity contribution in [3.63, 3.8) is 0 Å². The average Bonchev–Trinajstić information content (AvgIpc) is 2.49. The number of hydrogen-bond acceptors (Lipinski definition) is 4. The van der Waals surface area contributed by atoms with Crippen LogP contribution in [0.1, 0.15) is 40.5 Å². The highest BCUT2D eigenvalue weighted by Gasteiger charge is 2.20. The summed E-state index contributed by atoms with van der Waals surface area (Å²) < 4.78 is 5.11. The number of hydrogen-bond donors (Lipinski definition) is 1. The van der Waals surface area contributed by atoms with Crippen molar-refractivity contribution in [2.24, 2.45) is 11.0 Å². The van der Waals surface area contributed by atoms with Gasteiger partial charge in [-0.15, -0.1) is 0 Å². The molecular formula is C18H25ClN2O2. The van der Waals surface area contributed by atoms with Crippen LogP contribution in [0.15, 0.2) is 41.0 Å². The van der Waals surface area contributed by atoms with Crippen molar-refractivity contribution in [2.45, 2.75) is 40.5 Å². The Kier molecular flexibility index (Phi) is 8.41. The van der Waals surface area contributed by atoms with Gasteiger partial charge in [0.25, 0.3) is 0 Å². The second kappa shape index (κ2) is 10.1. The van der Waals surface area contributed by atoms with E-state index in [-0.39, 0.29) is 11.9 Å². The molecule has 0 aliphatic heterocycles. The maximum atomic E-state index is 12.1. The first-order valence-electron chi connectivity index (χ1n) is 7.83. The van der Waals surface area contributed by atoms with E-state index in [0.29, 0.717) is 17.3 Å². The molecule has 5 heteroatoms.